The molecule has 1 amide bonds. The number of nitroso groups, excluding NO2 is 1. The quantitative estimate of drug-likeness (QED) is 0.587. The van der Waals surface area contributed by atoms with Gasteiger partial charge in [-0.25, -0.2) is 0 Å². The van der Waals surface area contributed by atoms with Gasteiger partial charge in [-0.3, -0.25) is 4.79 Å². The highest BCUT2D eigenvalue weighted by atomic mass is 16.4. The monoisotopic (exact) mass is 186 g/mol. The molecule has 5 nitrogen and oxygen atoms in total. The molecule has 0 aromatic rings. The second-order valence-corrected chi connectivity index (χ2v) is 3.23. The van der Waals surface area contributed by atoms with Crippen molar-refractivity contribution >= 4 is 5.91 Å². The molecule has 0 N–H and O–H groups in total. The van der Waals surface area contributed by atoms with Crippen molar-refractivity contribution in [1.82, 2.24) is 10.0 Å². The van der Waals surface area contributed by atoms with E-state index in [0.717, 1.165) is 11.4 Å². The van der Waals surface area contributed by atoms with Gasteiger partial charge in [-0.1, -0.05) is 6.92 Å². The Morgan fingerprint density at radius 3 is 2.62 bits per heavy atom. The van der Waals surface area contributed by atoms with E-state index in [1.807, 2.05) is 13.8 Å². The van der Waals surface area contributed by atoms with Gasteiger partial charge in [-0.15, -0.1) is 5.01 Å². The summed E-state index contributed by atoms with van der Waals surface area (Å²) in [5.74, 6) is -0.114. The molecule has 0 aromatic heterocycles. The Morgan fingerprint density at radius 1 is 1.54 bits per heavy atom. The second-order valence-electron chi connectivity index (χ2n) is 3.23. The highest BCUT2D eigenvalue weighted by Gasteiger charge is 2.42. The van der Waals surface area contributed by atoms with Gasteiger partial charge < -0.3 is 0 Å². The number of carbonyl (C=O) groups excluding carboxylic acids is 1. The first-order valence-corrected chi connectivity index (χ1v) is 4.61. The van der Waals surface area contributed by atoms with E-state index in [2.05, 4.69) is 0 Å². The summed E-state index contributed by atoms with van der Waals surface area (Å²) in [5.41, 5.74) is 0. The molecule has 1 fully saturated rings. The largest absolute Gasteiger partial charge is 0.289 e. The van der Waals surface area contributed by atoms with Crippen LogP contribution in [0.5, 0.6) is 0 Å². The number of amides is 1. The Balaban J connectivity index is 2.78. The molecule has 0 spiro atoms. The molecule has 1 unspecified atom stereocenters. The molecule has 1 aliphatic heterocycles. The van der Waals surface area contributed by atoms with Gasteiger partial charge in [-0.2, -0.15) is 0 Å². The number of hydrogen-bond acceptors (Lipinski definition) is 2. The highest BCUT2D eigenvalue weighted by molar-refractivity contribution is 5.77. The lowest BCUT2D eigenvalue weighted by Gasteiger charge is -2.26. The predicted octanol–water partition coefficient (Wildman–Crippen LogP) is 0.415. The molecule has 1 rings (SSSR count). The molecular weight excluding hydrogens is 170 g/mol. The van der Waals surface area contributed by atoms with Crippen LogP contribution in [-0.2, 0) is 4.79 Å². The second kappa shape index (κ2) is 3.72. The topological polar surface area (TPSA) is 43.6 Å². The number of rotatable bonds is 2. The van der Waals surface area contributed by atoms with Crippen LogP contribution in [0.4, 0.5) is 0 Å². The van der Waals surface area contributed by atoms with Crippen molar-refractivity contribution < 1.29 is 9.77 Å². The SMILES string of the molecule is CCC1CN(CC)[N+](=O)N(C)C1=O. The molecular formula is C8H16N3O2+. The van der Waals surface area contributed by atoms with Crippen molar-refractivity contribution in [1.29, 1.82) is 0 Å². The van der Waals surface area contributed by atoms with Crippen LogP contribution in [0.25, 0.3) is 0 Å². The molecule has 0 aliphatic carbocycles. The Morgan fingerprint density at radius 2 is 2.15 bits per heavy atom. The van der Waals surface area contributed by atoms with Crippen molar-refractivity contribution in [2.45, 2.75) is 20.3 Å². The Bertz CT molecular complexity index is 207. The third kappa shape index (κ3) is 1.64. The van der Waals surface area contributed by atoms with Gasteiger partial charge in [0.2, 0.25) is 0 Å². The van der Waals surface area contributed by atoms with E-state index in [4.69, 9.17) is 0 Å². The van der Waals surface area contributed by atoms with Gasteiger partial charge in [0.25, 0.3) is 10.9 Å². The zero-order chi connectivity index (χ0) is 10.0. The molecule has 74 valence electrons. The van der Waals surface area contributed by atoms with Gasteiger partial charge in [0, 0.05) is 0 Å². The van der Waals surface area contributed by atoms with Crippen LogP contribution in [0, 0.1) is 10.8 Å². The zero-order valence-electron chi connectivity index (χ0n) is 8.36. The van der Waals surface area contributed by atoms with Crippen molar-refractivity contribution in [3.8, 4) is 0 Å². The van der Waals surface area contributed by atoms with Crippen LogP contribution in [-0.4, -0.2) is 41.0 Å². The smallest absolute Gasteiger partial charge is 0.268 e. The summed E-state index contributed by atoms with van der Waals surface area (Å²) in [6, 6.07) is 0. The summed E-state index contributed by atoms with van der Waals surface area (Å²) in [6.07, 6.45) is 0.785. The summed E-state index contributed by atoms with van der Waals surface area (Å²) in [5, 5.41) is 2.76. The average molecular weight is 186 g/mol. The fraction of sp³-hybridized carbons (Fsp3) is 0.875. The van der Waals surface area contributed by atoms with Gasteiger partial charge in [0.15, 0.2) is 0 Å². The fourth-order valence-electron chi connectivity index (χ4n) is 1.49. The lowest BCUT2D eigenvalue weighted by atomic mass is 10.0. The first-order chi connectivity index (χ1) is 6.11. The van der Waals surface area contributed by atoms with Crippen molar-refractivity contribution in [2.75, 3.05) is 20.1 Å². The zero-order valence-corrected chi connectivity index (χ0v) is 8.36. The normalized spacial score (nSPS) is 24.1. The first kappa shape index (κ1) is 9.95. The number of hydrogen-bond donors (Lipinski definition) is 0. The predicted molar refractivity (Wildman–Crippen MR) is 47.4 cm³/mol. The molecule has 13 heavy (non-hydrogen) atoms. The third-order valence-electron chi connectivity index (χ3n) is 2.46. The average Bonchev–Trinajstić information content (AvgIpc) is 2.15. The molecule has 5 heteroatoms. The van der Waals surface area contributed by atoms with E-state index < -0.39 is 0 Å². The van der Waals surface area contributed by atoms with E-state index in [1.165, 1.54) is 7.05 Å². The van der Waals surface area contributed by atoms with Crippen LogP contribution < -0.4 is 0 Å². The Kier molecular flexibility index (Phi) is 2.85. The number of nitrogens with zero attached hydrogens (tertiary/aromatic N) is 3. The van der Waals surface area contributed by atoms with Crippen LogP contribution in [0.1, 0.15) is 20.3 Å². The van der Waals surface area contributed by atoms with Crippen LogP contribution >= 0.6 is 0 Å². The summed E-state index contributed by atoms with van der Waals surface area (Å²) in [6.45, 7) is 5.04. The fourth-order valence-corrected chi connectivity index (χ4v) is 1.49. The third-order valence-corrected chi connectivity index (χ3v) is 2.46. The summed E-state index contributed by atoms with van der Waals surface area (Å²) < 4.78 is 0. The summed E-state index contributed by atoms with van der Waals surface area (Å²) in [7, 11) is 1.51. The molecule has 0 radical (unpaired) electrons. The van der Waals surface area contributed by atoms with Gasteiger partial charge in [0.1, 0.15) is 0 Å². The molecule has 1 saturated heterocycles. The molecule has 0 bridgehead atoms. The lowest BCUT2D eigenvalue weighted by molar-refractivity contribution is -0.819. The first-order valence-electron chi connectivity index (χ1n) is 4.61. The molecule has 1 aliphatic rings. The Hall–Kier alpha value is -1.13. The van der Waals surface area contributed by atoms with Crippen molar-refractivity contribution in [2.24, 2.45) is 5.92 Å². The van der Waals surface area contributed by atoms with Crippen molar-refractivity contribution in [3.05, 3.63) is 4.91 Å². The van der Waals surface area contributed by atoms with E-state index in [0.29, 0.717) is 18.1 Å². The van der Waals surface area contributed by atoms with Crippen molar-refractivity contribution in [3.63, 3.8) is 0 Å². The van der Waals surface area contributed by atoms with Crippen LogP contribution in [0.2, 0.25) is 0 Å². The molecule has 1 heterocycles. The summed E-state index contributed by atoms with van der Waals surface area (Å²) in [4.78, 5) is 23.5. The Labute approximate surface area is 77.8 Å². The molecule has 1 atom stereocenters. The number of hydrazine groups is 2. The minimum absolute atomic E-state index is 0.0323. The van der Waals surface area contributed by atoms with Crippen LogP contribution in [0.15, 0.2) is 0 Å². The maximum atomic E-state index is 11.5. The van der Waals surface area contributed by atoms with E-state index in [-0.39, 0.29) is 11.8 Å². The van der Waals surface area contributed by atoms with E-state index >= 15 is 0 Å². The maximum Gasteiger partial charge on any atom is 0.289 e. The number of carbonyl (C=O) groups is 1. The standard InChI is InChI=1S/C8H16N3O2/c1-4-7-6-10(5-2)11(13)9(3)8(7)12/h7H,4-6H2,1-3H3/q+1. The minimum atomic E-state index is -0.0813. The van der Waals surface area contributed by atoms with Gasteiger partial charge in [0.05, 0.1) is 31.0 Å². The molecule has 0 aromatic carbocycles. The lowest BCUT2D eigenvalue weighted by Crippen LogP contribution is -2.56. The maximum absolute atomic E-state index is 11.5. The van der Waals surface area contributed by atoms with Gasteiger partial charge >= 0.3 is 0 Å². The van der Waals surface area contributed by atoms with E-state index in [1.54, 1.807) is 5.01 Å². The van der Waals surface area contributed by atoms with Gasteiger partial charge in [-0.05, 0) is 18.4 Å². The molecule has 0 saturated carbocycles. The van der Waals surface area contributed by atoms with Crippen LogP contribution in [0.3, 0.4) is 0 Å². The summed E-state index contributed by atoms with van der Waals surface area (Å²) >= 11 is 0. The minimum Gasteiger partial charge on any atom is -0.268 e. The van der Waals surface area contributed by atoms with E-state index in [9.17, 15) is 9.70 Å². The highest BCUT2D eigenvalue weighted by Crippen LogP contribution is 2.15.